The Labute approximate surface area is 379 Å². The number of fused-ring (bicyclic) bond motifs is 8. The van der Waals surface area contributed by atoms with Crippen LogP contribution in [0.4, 0.5) is 34.1 Å². The quantitative estimate of drug-likeness (QED) is 0.164. The fourth-order valence-electron chi connectivity index (χ4n) is 11.1. The monoisotopic (exact) mass is 838 g/mol. The van der Waals surface area contributed by atoms with Gasteiger partial charge in [0.1, 0.15) is 0 Å². The van der Waals surface area contributed by atoms with Crippen molar-refractivity contribution in [2.24, 2.45) is 0 Å². The van der Waals surface area contributed by atoms with Gasteiger partial charge in [0, 0.05) is 54.3 Å². The molecule has 11 rings (SSSR count). The lowest BCUT2D eigenvalue weighted by Crippen LogP contribution is -2.61. The molecule has 2 nitrogen and oxygen atoms in total. The molecule has 4 heteroatoms. The first kappa shape index (κ1) is 40.2. The number of hydrogen-bond acceptors (Lipinski definition) is 3. The molecule has 0 saturated carbocycles. The fourth-order valence-corrected chi connectivity index (χ4v) is 12.3. The molecule has 0 saturated heterocycles. The highest BCUT2D eigenvalue weighted by atomic mass is 32.1. The van der Waals surface area contributed by atoms with Gasteiger partial charge in [-0.3, -0.25) is 0 Å². The molecule has 0 atom stereocenters. The minimum absolute atomic E-state index is 0.00228. The van der Waals surface area contributed by atoms with Crippen LogP contribution in [0.15, 0.2) is 133 Å². The summed E-state index contributed by atoms with van der Waals surface area (Å²) < 4.78 is 2.67. The maximum Gasteiger partial charge on any atom is 0.252 e. The number of thiophene rings is 1. The Morgan fingerprint density at radius 3 is 1.70 bits per heavy atom. The molecular formula is C59H59BN2S. The number of nitrogens with zero attached hydrogens (tertiary/aromatic N) is 2. The Hall–Kier alpha value is -5.58. The molecule has 0 fully saturated rings. The van der Waals surface area contributed by atoms with Gasteiger partial charge in [0.05, 0.1) is 0 Å². The average molecular weight is 839 g/mol. The predicted octanol–water partition coefficient (Wildman–Crippen LogP) is 15.1. The molecule has 3 heterocycles. The Bertz CT molecular complexity index is 3170. The van der Waals surface area contributed by atoms with E-state index in [1.807, 2.05) is 11.3 Å². The molecule has 63 heavy (non-hydrogen) atoms. The van der Waals surface area contributed by atoms with Crippen LogP contribution in [0.3, 0.4) is 0 Å². The van der Waals surface area contributed by atoms with E-state index in [2.05, 4.69) is 219 Å². The third-order valence-corrected chi connectivity index (χ3v) is 16.0. The summed E-state index contributed by atoms with van der Waals surface area (Å²) in [5.41, 5.74) is 21.3. The first-order valence-corrected chi connectivity index (χ1v) is 23.9. The minimum atomic E-state index is -0.0116. The molecule has 0 bridgehead atoms. The highest BCUT2D eigenvalue weighted by Gasteiger charge is 2.45. The van der Waals surface area contributed by atoms with Crippen molar-refractivity contribution in [2.75, 3.05) is 9.80 Å². The first-order chi connectivity index (χ1) is 29.9. The molecule has 3 aliphatic rings. The third kappa shape index (κ3) is 6.26. The minimum Gasteiger partial charge on any atom is -0.311 e. The highest BCUT2D eigenvalue weighted by Crippen LogP contribution is 2.51. The van der Waals surface area contributed by atoms with Crippen LogP contribution in [0, 0.1) is 6.92 Å². The van der Waals surface area contributed by atoms with Crippen LogP contribution in [0.25, 0.3) is 31.3 Å². The second-order valence-electron chi connectivity index (χ2n) is 22.2. The molecule has 314 valence electrons. The van der Waals surface area contributed by atoms with E-state index in [4.69, 9.17) is 0 Å². The molecule has 1 aliphatic carbocycles. The van der Waals surface area contributed by atoms with Gasteiger partial charge in [0.2, 0.25) is 0 Å². The molecule has 1 aromatic heterocycles. The van der Waals surface area contributed by atoms with Crippen molar-refractivity contribution < 1.29 is 0 Å². The van der Waals surface area contributed by atoms with E-state index in [-0.39, 0.29) is 28.4 Å². The molecule has 0 spiro atoms. The Balaban J connectivity index is 1.16. The van der Waals surface area contributed by atoms with Gasteiger partial charge in [-0.2, -0.15) is 0 Å². The molecule has 8 aromatic rings. The molecule has 7 aromatic carbocycles. The fraction of sp³-hybridized carbons (Fsp3) is 0.288. The maximum absolute atomic E-state index is 2.63. The van der Waals surface area contributed by atoms with E-state index < -0.39 is 0 Å². The molecule has 0 amide bonds. The van der Waals surface area contributed by atoms with Gasteiger partial charge in [-0.25, -0.2) is 0 Å². The van der Waals surface area contributed by atoms with Crippen molar-refractivity contribution in [2.45, 2.75) is 111 Å². The van der Waals surface area contributed by atoms with Gasteiger partial charge in [0.15, 0.2) is 0 Å². The van der Waals surface area contributed by atoms with Crippen molar-refractivity contribution >= 4 is 88.7 Å². The summed E-state index contributed by atoms with van der Waals surface area (Å²) in [6.07, 6.45) is 2.39. The number of anilines is 6. The zero-order valence-electron chi connectivity index (χ0n) is 39.0. The van der Waals surface area contributed by atoms with Crippen LogP contribution in [0.5, 0.6) is 0 Å². The van der Waals surface area contributed by atoms with Crippen LogP contribution < -0.4 is 26.2 Å². The standard InChI is InChI=1S/C59H59BN2S/c1-36-31-50-55-51(32-36)62(41-25-26-44-45(35-41)59(10,11)30-29-58(44,8)9)49-34-39(57(5,6)7)22-28-47(49)60(55)46-27-21-38(56(2,3)4)33-48(46)61(50)40-23-19-37(20-24-40)42-16-14-18-53-54(42)43-15-12-13-17-52(43)63-53/h12-28,31-35H,29-30H2,1-11H3. The Morgan fingerprint density at radius 1 is 0.524 bits per heavy atom. The number of rotatable bonds is 3. The molecule has 0 unspecified atom stereocenters. The zero-order valence-corrected chi connectivity index (χ0v) is 39.8. The summed E-state index contributed by atoms with van der Waals surface area (Å²) >= 11 is 1.88. The second-order valence-corrected chi connectivity index (χ2v) is 23.3. The van der Waals surface area contributed by atoms with Crippen molar-refractivity contribution in [3.8, 4) is 11.1 Å². The summed E-state index contributed by atoms with van der Waals surface area (Å²) in [5.74, 6) is 0. The van der Waals surface area contributed by atoms with Gasteiger partial charge in [-0.1, -0.05) is 142 Å². The summed E-state index contributed by atoms with van der Waals surface area (Å²) in [5, 5.41) is 2.68. The predicted molar refractivity (Wildman–Crippen MR) is 276 cm³/mol. The number of aryl methyl sites for hydroxylation is 1. The summed E-state index contributed by atoms with van der Waals surface area (Å²) in [6, 6.07) is 52.1. The summed E-state index contributed by atoms with van der Waals surface area (Å²) in [4.78, 5) is 5.22. The van der Waals surface area contributed by atoms with Gasteiger partial charge < -0.3 is 9.80 Å². The maximum atomic E-state index is 2.63. The normalized spacial score (nSPS) is 16.2. The lowest BCUT2D eigenvalue weighted by molar-refractivity contribution is 0.332. The van der Waals surface area contributed by atoms with Crippen LogP contribution in [0.2, 0.25) is 0 Å². The number of benzene rings is 7. The highest BCUT2D eigenvalue weighted by molar-refractivity contribution is 7.26. The molecular weight excluding hydrogens is 780 g/mol. The average Bonchev–Trinajstić information content (AvgIpc) is 3.63. The third-order valence-electron chi connectivity index (χ3n) is 14.9. The first-order valence-electron chi connectivity index (χ1n) is 23.1. The van der Waals surface area contributed by atoms with Crippen LogP contribution in [-0.4, -0.2) is 6.71 Å². The van der Waals surface area contributed by atoms with E-state index in [0.717, 1.165) is 0 Å². The SMILES string of the molecule is Cc1cc2c3c(c1)N(c1ccc4c(c1)C(C)(C)CCC4(C)C)c1cc(C(C)(C)C)ccc1B3c1ccc(C(C)(C)C)cc1N2c1ccc(-c2cccc3sc4ccccc4c23)cc1. The van der Waals surface area contributed by atoms with Crippen molar-refractivity contribution in [1.82, 2.24) is 0 Å². The smallest absolute Gasteiger partial charge is 0.252 e. The summed E-state index contributed by atoms with van der Waals surface area (Å²) in [6.45, 7) is 26.2. The summed E-state index contributed by atoms with van der Waals surface area (Å²) in [7, 11) is 0. The lowest BCUT2D eigenvalue weighted by atomic mass is 9.33. The lowest BCUT2D eigenvalue weighted by Gasteiger charge is -2.46. The van der Waals surface area contributed by atoms with Crippen LogP contribution in [0.1, 0.15) is 110 Å². The van der Waals surface area contributed by atoms with E-state index in [1.54, 1.807) is 0 Å². The largest absolute Gasteiger partial charge is 0.311 e. The van der Waals surface area contributed by atoms with Crippen molar-refractivity contribution in [3.05, 3.63) is 161 Å². The van der Waals surface area contributed by atoms with Crippen LogP contribution >= 0.6 is 11.3 Å². The number of hydrogen-bond donors (Lipinski definition) is 0. The second kappa shape index (κ2) is 13.7. The molecule has 0 radical (unpaired) electrons. The van der Waals surface area contributed by atoms with Gasteiger partial charge in [-0.05, 0) is 157 Å². The van der Waals surface area contributed by atoms with Crippen molar-refractivity contribution in [3.63, 3.8) is 0 Å². The van der Waals surface area contributed by atoms with E-state index in [0.29, 0.717) is 0 Å². The Morgan fingerprint density at radius 2 is 1.08 bits per heavy atom. The Kier molecular flexibility index (Phi) is 8.75. The zero-order chi connectivity index (χ0) is 44.0. The van der Waals surface area contributed by atoms with Crippen LogP contribution in [-0.2, 0) is 21.7 Å². The van der Waals surface area contributed by atoms with E-state index in [1.165, 1.54) is 122 Å². The van der Waals surface area contributed by atoms with Gasteiger partial charge in [-0.15, -0.1) is 11.3 Å². The molecule has 2 aliphatic heterocycles. The molecule has 0 N–H and O–H groups in total. The van der Waals surface area contributed by atoms with Gasteiger partial charge in [0.25, 0.3) is 6.71 Å². The van der Waals surface area contributed by atoms with Gasteiger partial charge >= 0.3 is 0 Å². The topological polar surface area (TPSA) is 6.48 Å². The van der Waals surface area contributed by atoms with E-state index in [9.17, 15) is 0 Å². The van der Waals surface area contributed by atoms with E-state index >= 15 is 0 Å². The van der Waals surface area contributed by atoms with Crippen molar-refractivity contribution in [1.29, 1.82) is 0 Å².